The second kappa shape index (κ2) is 10.2. The topological polar surface area (TPSA) is 89.9 Å². The van der Waals surface area contributed by atoms with Crippen LogP contribution in [-0.2, 0) is 25.8 Å². The number of rotatable bonds is 8. The summed E-state index contributed by atoms with van der Waals surface area (Å²) in [5, 5.41) is 9.68. The molecule has 34 heavy (non-hydrogen) atoms. The van der Waals surface area contributed by atoms with E-state index in [1.807, 2.05) is 0 Å². The van der Waals surface area contributed by atoms with Crippen LogP contribution in [0.15, 0.2) is 83.8 Å². The number of halogens is 1. The van der Waals surface area contributed by atoms with Gasteiger partial charge in [0.25, 0.3) is 0 Å². The second-order valence-electron chi connectivity index (χ2n) is 8.32. The van der Waals surface area contributed by atoms with Gasteiger partial charge in [-0.15, -0.1) is 0 Å². The van der Waals surface area contributed by atoms with Crippen LogP contribution in [0, 0.1) is 5.41 Å². The third kappa shape index (κ3) is 5.12. The highest BCUT2D eigenvalue weighted by molar-refractivity contribution is 7.92. The molecule has 1 atom stereocenters. The van der Waals surface area contributed by atoms with Gasteiger partial charge in [-0.05, 0) is 73.4 Å². The van der Waals surface area contributed by atoms with Gasteiger partial charge in [0, 0.05) is 18.2 Å². The molecule has 6 nitrogen and oxygen atoms in total. The molecule has 1 fully saturated rings. The Bertz CT molecular complexity index is 1220. The lowest BCUT2D eigenvalue weighted by Gasteiger charge is -2.39. The molecule has 0 bridgehead atoms. The molecule has 8 heteroatoms. The van der Waals surface area contributed by atoms with Gasteiger partial charge < -0.3 is 14.6 Å². The maximum absolute atomic E-state index is 13.7. The Morgan fingerprint density at radius 1 is 0.941 bits per heavy atom. The van der Waals surface area contributed by atoms with Crippen molar-refractivity contribution in [1.82, 2.24) is 0 Å². The van der Waals surface area contributed by atoms with Crippen LogP contribution in [0.5, 0.6) is 11.5 Å². The number of benzene rings is 3. The first-order valence-corrected chi connectivity index (χ1v) is 12.9. The number of carboxylic acid groups (broad SMARTS) is 1. The van der Waals surface area contributed by atoms with E-state index < -0.39 is 26.5 Å². The fourth-order valence-electron chi connectivity index (χ4n) is 4.33. The van der Waals surface area contributed by atoms with Crippen LogP contribution >= 0.6 is 11.6 Å². The number of sulfone groups is 1. The van der Waals surface area contributed by atoms with Crippen LogP contribution < -0.4 is 4.74 Å². The van der Waals surface area contributed by atoms with Gasteiger partial charge in [-0.25, -0.2) is 8.42 Å². The molecule has 0 radical (unpaired) electrons. The molecule has 1 aliphatic rings. The zero-order valence-electron chi connectivity index (χ0n) is 18.4. The Labute approximate surface area is 204 Å². The van der Waals surface area contributed by atoms with Crippen molar-refractivity contribution >= 4 is 27.4 Å². The summed E-state index contributed by atoms with van der Waals surface area (Å²) in [6.07, 6.45) is 0.332. The van der Waals surface area contributed by atoms with Crippen molar-refractivity contribution in [1.29, 1.82) is 0 Å². The molecule has 3 aromatic rings. The summed E-state index contributed by atoms with van der Waals surface area (Å²) < 4.78 is 38.7. The maximum atomic E-state index is 13.7. The lowest BCUT2D eigenvalue weighted by molar-refractivity contribution is -0.155. The second-order valence-corrected chi connectivity index (χ2v) is 10.9. The van der Waals surface area contributed by atoms with Crippen molar-refractivity contribution in [2.24, 2.45) is 5.41 Å². The number of hydrogen-bond acceptors (Lipinski definition) is 5. The van der Waals surface area contributed by atoms with E-state index in [0.717, 1.165) is 0 Å². The molecule has 4 rings (SSSR count). The summed E-state index contributed by atoms with van der Waals surface area (Å²) in [5.74, 6) is 0.0873. The van der Waals surface area contributed by atoms with Crippen LogP contribution in [0.1, 0.15) is 18.4 Å². The molecule has 1 heterocycles. The molecule has 1 N–H and O–H groups in total. The highest BCUT2D eigenvalue weighted by Crippen LogP contribution is 2.42. The van der Waals surface area contributed by atoms with Crippen LogP contribution in [0.3, 0.4) is 0 Å². The normalized spacial score (nSPS) is 16.5. The Balaban J connectivity index is 1.66. The summed E-state index contributed by atoms with van der Waals surface area (Å²) in [6.45, 7) is 0.419. The highest BCUT2D eigenvalue weighted by Gasteiger charge is 2.52. The molecule has 0 amide bonds. The minimum Gasteiger partial charge on any atom is -0.481 e. The van der Waals surface area contributed by atoms with E-state index in [1.54, 1.807) is 66.7 Å². The Hall–Kier alpha value is -2.87. The van der Waals surface area contributed by atoms with E-state index in [4.69, 9.17) is 21.1 Å². The molecule has 1 saturated heterocycles. The average molecular weight is 501 g/mol. The van der Waals surface area contributed by atoms with Crippen molar-refractivity contribution in [2.45, 2.75) is 29.4 Å². The maximum Gasteiger partial charge on any atom is 0.311 e. The standard InChI is InChI=1S/C26H25ClO6S/c27-20-8-12-22(13-9-20)33-21-10-6-19(7-11-21)18-24(26(25(28)29)14-16-32-17-15-26)34(30,31)23-4-2-1-3-5-23/h1-13,24H,14-18H2,(H,28,29). The number of carboxylic acids is 1. The van der Waals surface area contributed by atoms with E-state index in [0.29, 0.717) is 22.1 Å². The SMILES string of the molecule is O=C(O)C1(C(Cc2ccc(Oc3ccc(Cl)cc3)cc2)S(=O)(=O)c2ccccc2)CCOCC1. The fourth-order valence-corrected chi connectivity index (χ4v) is 6.67. The Morgan fingerprint density at radius 2 is 1.50 bits per heavy atom. The molecule has 178 valence electrons. The predicted molar refractivity (Wildman–Crippen MR) is 129 cm³/mol. The Kier molecular flexibility index (Phi) is 7.26. The molecular formula is C26H25ClO6S. The zero-order chi connectivity index (χ0) is 24.2. The van der Waals surface area contributed by atoms with E-state index in [-0.39, 0.29) is 37.4 Å². The first-order chi connectivity index (χ1) is 16.3. The van der Waals surface area contributed by atoms with Crippen molar-refractivity contribution in [3.8, 4) is 11.5 Å². The monoisotopic (exact) mass is 500 g/mol. The summed E-state index contributed by atoms with van der Waals surface area (Å²) in [7, 11) is -3.95. The van der Waals surface area contributed by atoms with E-state index in [9.17, 15) is 18.3 Å². The van der Waals surface area contributed by atoms with Crippen molar-refractivity contribution in [3.63, 3.8) is 0 Å². The van der Waals surface area contributed by atoms with Crippen LogP contribution in [0.2, 0.25) is 5.02 Å². The number of ether oxygens (including phenoxy) is 2. The molecule has 0 spiro atoms. The summed E-state index contributed by atoms with van der Waals surface area (Å²) >= 11 is 5.91. The van der Waals surface area contributed by atoms with Crippen LogP contribution in [0.25, 0.3) is 0 Å². The molecule has 0 aliphatic carbocycles. The van der Waals surface area contributed by atoms with E-state index >= 15 is 0 Å². The smallest absolute Gasteiger partial charge is 0.311 e. The van der Waals surface area contributed by atoms with Gasteiger partial charge >= 0.3 is 5.97 Å². The largest absolute Gasteiger partial charge is 0.481 e. The van der Waals surface area contributed by atoms with Gasteiger partial charge in [-0.2, -0.15) is 0 Å². The van der Waals surface area contributed by atoms with Gasteiger partial charge in [0.2, 0.25) is 0 Å². The van der Waals surface area contributed by atoms with Gasteiger partial charge in [-0.3, -0.25) is 4.79 Å². The molecule has 3 aromatic carbocycles. The molecular weight excluding hydrogens is 476 g/mol. The lowest BCUT2D eigenvalue weighted by Crippen LogP contribution is -2.51. The Morgan fingerprint density at radius 3 is 2.06 bits per heavy atom. The van der Waals surface area contributed by atoms with Gasteiger partial charge in [0.1, 0.15) is 11.5 Å². The van der Waals surface area contributed by atoms with Gasteiger partial charge in [0.05, 0.1) is 15.6 Å². The molecule has 1 aliphatic heterocycles. The molecule has 0 aromatic heterocycles. The molecule has 0 saturated carbocycles. The van der Waals surface area contributed by atoms with Crippen LogP contribution in [0.4, 0.5) is 0 Å². The van der Waals surface area contributed by atoms with Crippen molar-refractivity contribution in [2.75, 3.05) is 13.2 Å². The minimum atomic E-state index is -3.95. The minimum absolute atomic E-state index is 0.0603. The van der Waals surface area contributed by atoms with Gasteiger partial charge in [-0.1, -0.05) is 41.9 Å². The molecule has 1 unspecified atom stereocenters. The number of hydrogen-bond donors (Lipinski definition) is 1. The first kappa shape index (κ1) is 24.3. The fraction of sp³-hybridized carbons (Fsp3) is 0.269. The number of carbonyl (C=O) groups is 1. The van der Waals surface area contributed by atoms with E-state index in [1.165, 1.54) is 12.1 Å². The third-order valence-corrected chi connectivity index (χ3v) is 8.82. The van der Waals surface area contributed by atoms with Crippen molar-refractivity contribution < 1.29 is 27.8 Å². The lowest BCUT2D eigenvalue weighted by atomic mass is 9.75. The van der Waals surface area contributed by atoms with Crippen molar-refractivity contribution in [3.05, 3.63) is 89.4 Å². The van der Waals surface area contributed by atoms with Crippen LogP contribution in [-0.4, -0.2) is 38.0 Å². The summed E-state index contributed by atoms with van der Waals surface area (Å²) in [5.41, 5.74) is -0.731. The number of aliphatic carboxylic acids is 1. The van der Waals surface area contributed by atoms with E-state index in [2.05, 4.69) is 0 Å². The highest BCUT2D eigenvalue weighted by atomic mass is 35.5. The summed E-state index contributed by atoms with van der Waals surface area (Å²) in [6, 6.07) is 22.0. The quantitative estimate of drug-likeness (QED) is 0.445. The average Bonchev–Trinajstić information content (AvgIpc) is 2.85. The first-order valence-electron chi connectivity index (χ1n) is 10.9. The summed E-state index contributed by atoms with van der Waals surface area (Å²) in [4.78, 5) is 12.6. The zero-order valence-corrected chi connectivity index (χ0v) is 20.0. The van der Waals surface area contributed by atoms with Gasteiger partial charge in [0.15, 0.2) is 9.84 Å². The third-order valence-electron chi connectivity index (χ3n) is 6.27. The predicted octanol–water partition coefficient (Wildman–Crippen LogP) is 5.40.